The molecular weight excluding hydrogens is 315 g/mol. The van der Waals surface area contributed by atoms with Crippen LogP contribution >= 0.6 is 7.26 Å². The van der Waals surface area contributed by atoms with Crippen molar-refractivity contribution in [3.63, 3.8) is 0 Å². The van der Waals surface area contributed by atoms with E-state index in [1.165, 1.54) is 70.4 Å². The minimum absolute atomic E-state index is 0.0680. The Bertz CT molecular complexity index is 353. The molecule has 0 rings (SSSR count). The van der Waals surface area contributed by atoms with Gasteiger partial charge in [-0.15, -0.1) is 0 Å². The van der Waals surface area contributed by atoms with Gasteiger partial charge in [-0.05, 0) is 0 Å². The van der Waals surface area contributed by atoms with Gasteiger partial charge < -0.3 is 0 Å². The molecule has 0 radical (unpaired) electrons. The third-order valence-corrected chi connectivity index (χ3v) is 8.68. The number of unbranched alkanes of at least 4 members (excludes halogenated alkanes) is 9. The van der Waals surface area contributed by atoms with Gasteiger partial charge >= 0.3 is 139 Å². The van der Waals surface area contributed by atoms with E-state index in [4.69, 9.17) is 4.55 Å². The van der Waals surface area contributed by atoms with Gasteiger partial charge in [-0.25, -0.2) is 0 Å². The van der Waals surface area contributed by atoms with Crippen LogP contribution in [-0.4, -0.2) is 44.4 Å². The summed E-state index contributed by atoms with van der Waals surface area (Å²) < 4.78 is 30.2. The molecule has 0 amide bonds. The summed E-state index contributed by atoms with van der Waals surface area (Å²) in [5.41, 5.74) is 0. The van der Waals surface area contributed by atoms with Crippen LogP contribution in [0.1, 0.15) is 77.6 Å². The van der Waals surface area contributed by atoms with Crippen molar-refractivity contribution in [1.29, 1.82) is 0 Å². The van der Waals surface area contributed by atoms with Crippen LogP contribution in [0.4, 0.5) is 0 Å². The predicted octanol–water partition coefficient (Wildman–Crippen LogP) is 5.19. The van der Waals surface area contributed by atoms with Crippen LogP contribution in [-0.2, 0) is 10.1 Å². The van der Waals surface area contributed by atoms with E-state index in [1.54, 1.807) is 0 Å². The zero-order chi connectivity index (χ0) is 16.9. The molecule has 3 nitrogen and oxygen atoms in total. The van der Waals surface area contributed by atoms with Crippen LogP contribution < -0.4 is 0 Å². The van der Waals surface area contributed by atoms with Crippen molar-refractivity contribution in [2.75, 3.05) is 31.4 Å². The molecule has 0 aromatic carbocycles. The zero-order valence-electron chi connectivity index (χ0n) is 15.1. The van der Waals surface area contributed by atoms with Crippen LogP contribution in [0, 0.1) is 0 Å². The molecule has 0 aromatic heterocycles. The fourth-order valence-electron chi connectivity index (χ4n) is 2.95. The Morgan fingerprint density at radius 1 is 0.727 bits per heavy atom. The van der Waals surface area contributed by atoms with Crippen molar-refractivity contribution in [2.45, 2.75) is 77.6 Å². The van der Waals surface area contributed by atoms with E-state index in [0.29, 0.717) is 6.42 Å². The van der Waals surface area contributed by atoms with Crippen LogP contribution in [0.15, 0.2) is 0 Å². The Morgan fingerprint density at radius 3 is 1.59 bits per heavy atom. The Balaban J connectivity index is 3.45. The van der Waals surface area contributed by atoms with E-state index in [1.807, 2.05) is 0 Å². The van der Waals surface area contributed by atoms with Gasteiger partial charge in [0.25, 0.3) is 0 Å². The Kier molecular flexibility index (Phi) is 12.9. The maximum atomic E-state index is 10.7. The van der Waals surface area contributed by atoms with Gasteiger partial charge in [0.1, 0.15) is 0 Å². The molecule has 136 valence electrons. The summed E-state index contributed by atoms with van der Waals surface area (Å²) in [5, 5.41) is 0. The molecule has 0 atom stereocenters. The standard InChI is InChI=1S/C17H39O3PS/c1-4-5-6-7-8-9-10-11-12-13-15-21(2,3)16-14-17-22(18,19)20/h21H,4-17H2,1-3H3,(H,18,19,20). The zero-order valence-corrected chi connectivity index (χ0v) is 16.9. The Hall–Kier alpha value is 0.340. The third-order valence-electron chi connectivity index (χ3n) is 4.46. The molecule has 22 heavy (non-hydrogen) atoms. The molecule has 0 heterocycles. The summed E-state index contributed by atoms with van der Waals surface area (Å²) >= 11 is 0. The summed E-state index contributed by atoms with van der Waals surface area (Å²) in [6, 6.07) is 0. The molecule has 0 aliphatic heterocycles. The summed E-state index contributed by atoms with van der Waals surface area (Å²) in [6.07, 6.45) is 16.6. The van der Waals surface area contributed by atoms with E-state index < -0.39 is 17.4 Å². The van der Waals surface area contributed by atoms with Crippen molar-refractivity contribution in [3.05, 3.63) is 0 Å². The number of hydrogen-bond donors (Lipinski definition) is 1. The second-order valence-corrected chi connectivity index (χ2v) is 14.4. The second-order valence-electron chi connectivity index (χ2n) is 7.49. The predicted molar refractivity (Wildman–Crippen MR) is 103 cm³/mol. The summed E-state index contributed by atoms with van der Waals surface area (Å²) in [5.74, 6) is -0.0680. The molecule has 0 aliphatic carbocycles. The summed E-state index contributed by atoms with van der Waals surface area (Å²) in [6.45, 7) is 6.93. The van der Waals surface area contributed by atoms with Crippen LogP contribution in [0.3, 0.4) is 0 Å². The third kappa shape index (κ3) is 16.7. The molecule has 5 heteroatoms. The molecule has 0 saturated heterocycles. The number of hydrogen-bond acceptors (Lipinski definition) is 2. The molecule has 1 N–H and O–H groups in total. The monoisotopic (exact) mass is 354 g/mol. The fraction of sp³-hybridized carbons (Fsp3) is 1.00. The number of rotatable bonds is 15. The second kappa shape index (κ2) is 12.7. The first-order valence-electron chi connectivity index (χ1n) is 9.22. The first-order valence-corrected chi connectivity index (χ1v) is 14.2. The van der Waals surface area contributed by atoms with Gasteiger partial charge in [-0.1, -0.05) is 0 Å². The Labute approximate surface area is 139 Å². The minimum atomic E-state index is -3.77. The van der Waals surface area contributed by atoms with Crippen molar-refractivity contribution < 1.29 is 13.0 Å². The molecule has 0 unspecified atom stereocenters. The van der Waals surface area contributed by atoms with Gasteiger partial charge in [0.15, 0.2) is 0 Å². The van der Waals surface area contributed by atoms with Gasteiger partial charge in [0.2, 0.25) is 0 Å². The van der Waals surface area contributed by atoms with Gasteiger partial charge in [0.05, 0.1) is 0 Å². The van der Waals surface area contributed by atoms with E-state index >= 15 is 0 Å². The molecule has 0 aliphatic rings. The summed E-state index contributed by atoms with van der Waals surface area (Å²) in [4.78, 5) is 0. The first kappa shape index (κ1) is 22.3. The van der Waals surface area contributed by atoms with Crippen LogP contribution in [0.25, 0.3) is 0 Å². The van der Waals surface area contributed by atoms with E-state index in [-0.39, 0.29) is 5.75 Å². The molecule has 0 aromatic rings. The average Bonchev–Trinajstić information content (AvgIpc) is 2.39. The molecule has 0 saturated carbocycles. The Morgan fingerprint density at radius 2 is 1.14 bits per heavy atom. The first-order chi connectivity index (χ1) is 10.3. The van der Waals surface area contributed by atoms with E-state index in [2.05, 4.69) is 20.3 Å². The van der Waals surface area contributed by atoms with Crippen molar-refractivity contribution in [2.24, 2.45) is 0 Å². The molecular formula is C17H39O3PS. The van der Waals surface area contributed by atoms with Crippen molar-refractivity contribution in [1.82, 2.24) is 0 Å². The average molecular weight is 355 g/mol. The van der Waals surface area contributed by atoms with Gasteiger partial charge in [-0.2, -0.15) is 0 Å². The van der Waals surface area contributed by atoms with Gasteiger partial charge in [-0.3, -0.25) is 0 Å². The van der Waals surface area contributed by atoms with E-state index in [0.717, 1.165) is 6.16 Å². The van der Waals surface area contributed by atoms with Crippen molar-refractivity contribution >= 4 is 17.4 Å². The summed E-state index contributed by atoms with van der Waals surface area (Å²) in [7, 11) is -5.04. The molecule has 0 spiro atoms. The maximum absolute atomic E-state index is 10.7. The quantitative estimate of drug-likeness (QED) is 0.250. The van der Waals surface area contributed by atoms with Crippen molar-refractivity contribution in [3.8, 4) is 0 Å². The fourth-order valence-corrected chi connectivity index (χ4v) is 6.31. The topological polar surface area (TPSA) is 54.4 Å². The van der Waals surface area contributed by atoms with Crippen LogP contribution in [0.2, 0.25) is 0 Å². The SMILES string of the molecule is CCCCCCCCCCCC[PH](C)(C)CCCS(=O)(=O)O. The molecule has 0 fully saturated rings. The van der Waals surface area contributed by atoms with Crippen LogP contribution in [0.5, 0.6) is 0 Å². The van der Waals surface area contributed by atoms with E-state index in [9.17, 15) is 8.42 Å². The normalized spacial score (nSPS) is 13.5. The van der Waals surface area contributed by atoms with Gasteiger partial charge in [0, 0.05) is 0 Å². The molecule has 0 bridgehead atoms.